The summed E-state index contributed by atoms with van der Waals surface area (Å²) in [7, 11) is 0. The largest absolute Gasteiger partial charge is 0.398 e. The van der Waals surface area contributed by atoms with Crippen LogP contribution >= 0.6 is 0 Å². The molecule has 3 rings (SSSR count). The van der Waals surface area contributed by atoms with E-state index in [2.05, 4.69) is 11.0 Å². The minimum absolute atomic E-state index is 0.0874. The van der Waals surface area contributed by atoms with Gasteiger partial charge in [0.05, 0.1) is 0 Å². The smallest absolute Gasteiger partial charge is 0.263 e. The lowest BCUT2D eigenvalue weighted by Gasteiger charge is -2.29. The molecule has 2 aromatic rings. The van der Waals surface area contributed by atoms with E-state index in [1.165, 1.54) is 17.2 Å². The van der Waals surface area contributed by atoms with E-state index in [0.717, 1.165) is 30.8 Å². The van der Waals surface area contributed by atoms with Gasteiger partial charge in [-0.25, -0.2) is 8.78 Å². The minimum Gasteiger partial charge on any atom is -0.398 e. The van der Waals surface area contributed by atoms with Crippen molar-refractivity contribution in [1.82, 2.24) is 4.90 Å². The number of alkyl halides is 2. The van der Waals surface area contributed by atoms with Gasteiger partial charge in [0.25, 0.3) is 6.43 Å². The van der Waals surface area contributed by atoms with Gasteiger partial charge in [-0.2, -0.15) is 0 Å². The van der Waals surface area contributed by atoms with Gasteiger partial charge in [-0.3, -0.25) is 4.90 Å². The number of halogens is 2. The van der Waals surface area contributed by atoms with Crippen molar-refractivity contribution in [2.45, 2.75) is 25.9 Å². The van der Waals surface area contributed by atoms with Crippen LogP contribution in [0.5, 0.6) is 0 Å². The number of nitrogens with two attached hydrogens (primary N) is 1. The SMILES string of the molecule is Nc1cccc2c1CN(Cc1cccc(C(F)F)c1)CC2. The predicted molar refractivity (Wildman–Crippen MR) is 80.1 cm³/mol. The van der Waals surface area contributed by atoms with Crippen LogP contribution in [0.25, 0.3) is 0 Å². The summed E-state index contributed by atoms with van der Waals surface area (Å²) in [6, 6.07) is 12.7. The van der Waals surface area contributed by atoms with Crippen molar-refractivity contribution in [1.29, 1.82) is 0 Å². The van der Waals surface area contributed by atoms with Crippen LogP contribution in [0, 0.1) is 0 Å². The van der Waals surface area contributed by atoms with Crippen LogP contribution in [0.15, 0.2) is 42.5 Å². The summed E-state index contributed by atoms with van der Waals surface area (Å²) >= 11 is 0. The highest BCUT2D eigenvalue weighted by Crippen LogP contribution is 2.26. The van der Waals surface area contributed by atoms with Crippen molar-refractivity contribution in [3.63, 3.8) is 0 Å². The number of fused-ring (bicyclic) bond motifs is 1. The Morgan fingerprint density at radius 3 is 2.76 bits per heavy atom. The molecule has 0 fully saturated rings. The zero-order valence-electron chi connectivity index (χ0n) is 11.7. The average Bonchev–Trinajstić information content (AvgIpc) is 2.48. The molecule has 1 heterocycles. The van der Waals surface area contributed by atoms with Crippen molar-refractivity contribution in [3.05, 3.63) is 64.7 Å². The second kappa shape index (κ2) is 5.82. The molecule has 0 saturated carbocycles. The van der Waals surface area contributed by atoms with Crippen LogP contribution in [-0.4, -0.2) is 11.4 Å². The Bertz CT molecular complexity index is 640. The van der Waals surface area contributed by atoms with E-state index < -0.39 is 6.43 Å². The first kappa shape index (κ1) is 14.0. The lowest BCUT2D eigenvalue weighted by atomic mass is 9.97. The van der Waals surface area contributed by atoms with Crippen molar-refractivity contribution < 1.29 is 8.78 Å². The van der Waals surface area contributed by atoms with Gasteiger partial charge in [0.1, 0.15) is 0 Å². The molecule has 0 aliphatic carbocycles. The van der Waals surface area contributed by atoms with Gasteiger partial charge in [0.15, 0.2) is 0 Å². The second-order valence-corrected chi connectivity index (χ2v) is 5.49. The van der Waals surface area contributed by atoms with Crippen LogP contribution in [-0.2, 0) is 19.5 Å². The topological polar surface area (TPSA) is 29.3 Å². The summed E-state index contributed by atoms with van der Waals surface area (Å²) in [6.07, 6.45) is -1.46. The maximum Gasteiger partial charge on any atom is 0.263 e. The van der Waals surface area contributed by atoms with E-state index in [0.29, 0.717) is 6.54 Å². The van der Waals surface area contributed by atoms with Gasteiger partial charge in [-0.05, 0) is 35.2 Å². The second-order valence-electron chi connectivity index (χ2n) is 5.49. The van der Waals surface area contributed by atoms with E-state index in [1.54, 1.807) is 12.1 Å². The molecule has 2 N–H and O–H groups in total. The molecule has 0 atom stereocenters. The van der Waals surface area contributed by atoms with Crippen molar-refractivity contribution in [2.75, 3.05) is 12.3 Å². The Balaban J connectivity index is 1.75. The molecule has 0 radical (unpaired) electrons. The van der Waals surface area contributed by atoms with E-state index in [-0.39, 0.29) is 5.56 Å². The summed E-state index contributed by atoms with van der Waals surface area (Å²) in [5.41, 5.74) is 10.3. The Labute approximate surface area is 123 Å². The molecule has 0 bridgehead atoms. The minimum atomic E-state index is -2.41. The highest BCUT2D eigenvalue weighted by Gasteiger charge is 2.18. The highest BCUT2D eigenvalue weighted by molar-refractivity contribution is 5.51. The first-order valence-corrected chi connectivity index (χ1v) is 7.09. The Hall–Kier alpha value is -1.94. The Morgan fingerprint density at radius 1 is 1.14 bits per heavy atom. The molecule has 1 aliphatic heterocycles. The number of hydrogen-bond acceptors (Lipinski definition) is 2. The normalized spacial score (nSPS) is 15.2. The molecule has 4 heteroatoms. The third-order valence-corrected chi connectivity index (χ3v) is 4.00. The number of nitrogen functional groups attached to an aromatic ring is 1. The fourth-order valence-electron chi connectivity index (χ4n) is 2.88. The maximum absolute atomic E-state index is 12.7. The van der Waals surface area contributed by atoms with E-state index in [4.69, 9.17) is 5.73 Å². The van der Waals surface area contributed by atoms with E-state index in [9.17, 15) is 8.78 Å². The van der Waals surface area contributed by atoms with Crippen LogP contribution in [0.1, 0.15) is 28.7 Å². The number of nitrogens with zero attached hydrogens (tertiary/aromatic N) is 1. The first-order valence-electron chi connectivity index (χ1n) is 7.09. The maximum atomic E-state index is 12.7. The summed E-state index contributed by atoms with van der Waals surface area (Å²) in [4.78, 5) is 2.25. The number of rotatable bonds is 3. The molecule has 21 heavy (non-hydrogen) atoms. The number of hydrogen-bond donors (Lipinski definition) is 1. The molecule has 2 aromatic carbocycles. The van der Waals surface area contributed by atoms with Gasteiger partial charge < -0.3 is 5.73 Å². The van der Waals surface area contributed by atoms with Crippen molar-refractivity contribution >= 4 is 5.69 Å². The Morgan fingerprint density at radius 2 is 1.95 bits per heavy atom. The molecule has 0 amide bonds. The average molecular weight is 288 g/mol. The fraction of sp³-hybridized carbons (Fsp3) is 0.294. The molecule has 1 aliphatic rings. The van der Waals surface area contributed by atoms with Gasteiger partial charge in [0.2, 0.25) is 0 Å². The van der Waals surface area contributed by atoms with Crippen molar-refractivity contribution in [2.24, 2.45) is 0 Å². The zero-order chi connectivity index (χ0) is 14.8. The quantitative estimate of drug-likeness (QED) is 0.871. The standard InChI is InChI=1S/C17H18F2N2/c18-17(19)14-5-1-3-12(9-14)10-21-8-7-13-4-2-6-16(20)15(13)11-21/h1-6,9,17H,7-8,10-11,20H2. The Kier molecular flexibility index (Phi) is 3.88. The van der Waals surface area contributed by atoms with Crippen LogP contribution in [0.3, 0.4) is 0 Å². The molecule has 0 spiro atoms. The van der Waals surface area contributed by atoms with E-state index in [1.807, 2.05) is 18.2 Å². The monoisotopic (exact) mass is 288 g/mol. The molecule has 2 nitrogen and oxygen atoms in total. The first-order chi connectivity index (χ1) is 10.1. The molecule has 0 unspecified atom stereocenters. The number of anilines is 1. The highest BCUT2D eigenvalue weighted by atomic mass is 19.3. The van der Waals surface area contributed by atoms with Crippen LogP contribution < -0.4 is 5.73 Å². The van der Waals surface area contributed by atoms with Crippen molar-refractivity contribution in [3.8, 4) is 0 Å². The molecule has 110 valence electrons. The molecular weight excluding hydrogens is 270 g/mol. The molecule has 0 saturated heterocycles. The molecule has 0 aromatic heterocycles. The predicted octanol–water partition coefficient (Wildman–Crippen LogP) is 3.76. The van der Waals surface area contributed by atoms with E-state index >= 15 is 0 Å². The van der Waals surface area contributed by atoms with Gasteiger partial charge in [0, 0.05) is 30.9 Å². The summed E-state index contributed by atoms with van der Waals surface area (Å²) in [6.45, 7) is 2.38. The zero-order valence-corrected chi connectivity index (χ0v) is 11.7. The number of benzene rings is 2. The molecular formula is C17H18F2N2. The third kappa shape index (κ3) is 3.05. The lowest BCUT2D eigenvalue weighted by molar-refractivity contribution is 0.151. The summed E-state index contributed by atoms with van der Waals surface area (Å²) in [5, 5.41) is 0. The summed E-state index contributed by atoms with van der Waals surface area (Å²) < 4.78 is 25.5. The fourth-order valence-corrected chi connectivity index (χ4v) is 2.88. The van der Waals surface area contributed by atoms with Crippen LogP contribution in [0.2, 0.25) is 0 Å². The third-order valence-electron chi connectivity index (χ3n) is 4.00. The van der Waals surface area contributed by atoms with Gasteiger partial charge in [-0.1, -0.05) is 30.3 Å². The van der Waals surface area contributed by atoms with Gasteiger partial charge >= 0.3 is 0 Å². The van der Waals surface area contributed by atoms with Gasteiger partial charge in [-0.15, -0.1) is 0 Å². The summed E-state index contributed by atoms with van der Waals surface area (Å²) in [5.74, 6) is 0. The van der Waals surface area contributed by atoms with Crippen LogP contribution in [0.4, 0.5) is 14.5 Å². The lowest BCUT2D eigenvalue weighted by Crippen LogP contribution is -2.30.